The van der Waals surface area contributed by atoms with Gasteiger partial charge in [-0.15, -0.1) is 6.58 Å². The first-order valence-electron chi connectivity index (χ1n) is 5.75. The van der Waals surface area contributed by atoms with Gasteiger partial charge in [0.2, 0.25) is 0 Å². The zero-order valence-electron chi connectivity index (χ0n) is 10.2. The van der Waals surface area contributed by atoms with Gasteiger partial charge in [0.25, 0.3) is 5.91 Å². The molecule has 2 rings (SSSR count). The van der Waals surface area contributed by atoms with Crippen molar-refractivity contribution in [1.29, 1.82) is 0 Å². The molecule has 1 amide bonds. The van der Waals surface area contributed by atoms with Crippen molar-refractivity contribution in [2.45, 2.75) is 18.9 Å². The molecule has 0 bridgehead atoms. The first-order chi connectivity index (χ1) is 8.50. The number of amides is 1. The summed E-state index contributed by atoms with van der Waals surface area (Å²) >= 11 is 0. The number of carbonyl (C=O) groups is 2. The first kappa shape index (κ1) is 12.5. The zero-order valence-corrected chi connectivity index (χ0v) is 10.2. The van der Waals surface area contributed by atoms with E-state index in [1.807, 2.05) is 0 Å². The van der Waals surface area contributed by atoms with Crippen LogP contribution >= 0.6 is 0 Å². The van der Waals surface area contributed by atoms with Crippen LogP contribution in [0.5, 0.6) is 0 Å². The minimum absolute atomic E-state index is 0.198. The Morgan fingerprint density at radius 3 is 2.78 bits per heavy atom. The van der Waals surface area contributed by atoms with E-state index in [4.69, 9.17) is 0 Å². The third-order valence-electron chi connectivity index (χ3n) is 3.06. The highest BCUT2D eigenvalue weighted by molar-refractivity contribution is 6.08. The average molecular weight is 245 g/mol. The second-order valence-corrected chi connectivity index (χ2v) is 4.46. The number of ketones is 1. The Balaban J connectivity index is 2.54. The summed E-state index contributed by atoms with van der Waals surface area (Å²) < 4.78 is 0. The lowest BCUT2D eigenvalue weighted by molar-refractivity contribution is -0.141. The average Bonchev–Trinajstić information content (AvgIpc) is 2.52. The van der Waals surface area contributed by atoms with E-state index in [1.165, 1.54) is 11.8 Å². The lowest BCUT2D eigenvalue weighted by atomic mass is 9.90. The van der Waals surface area contributed by atoms with Gasteiger partial charge in [-0.1, -0.05) is 24.3 Å². The highest BCUT2D eigenvalue weighted by Crippen LogP contribution is 2.42. The number of hydrogen-bond donors (Lipinski definition) is 1. The first-order valence-corrected chi connectivity index (χ1v) is 5.75. The van der Waals surface area contributed by atoms with Crippen LogP contribution in [-0.4, -0.2) is 23.3 Å². The third-order valence-corrected chi connectivity index (χ3v) is 3.06. The van der Waals surface area contributed by atoms with Crippen LogP contribution < -0.4 is 4.90 Å². The summed E-state index contributed by atoms with van der Waals surface area (Å²) in [4.78, 5) is 25.0. The Bertz CT molecular complexity index is 524. The number of Topliss-reactive ketones (excluding diaryl/α,β-unsaturated/α-hetero) is 1. The lowest BCUT2D eigenvalue weighted by Gasteiger charge is -2.21. The van der Waals surface area contributed by atoms with Gasteiger partial charge in [-0.05, 0) is 13.0 Å². The summed E-state index contributed by atoms with van der Waals surface area (Å²) in [5.41, 5.74) is -0.593. The Labute approximate surface area is 106 Å². The maximum Gasteiger partial charge on any atom is 0.264 e. The molecule has 1 heterocycles. The topological polar surface area (TPSA) is 57.6 Å². The maximum absolute atomic E-state index is 12.3. The van der Waals surface area contributed by atoms with Crippen LogP contribution in [0.2, 0.25) is 0 Å². The van der Waals surface area contributed by atoms with Gasteiger partial charge in [0.1, 0.15) is 5.78 Å². The monoisotopic (exact) mass is 245 g/mol. The molecule has 0 fully saturated rings. The maximum atomic E-state index is 12.3. The van der Waals surface area contributed by atoms with E-state index in [0.717, 1.165) is 0 Å². The Morgan fingerprint density at radius 1 is 1.50 bits per heavy atom. The molecule has 1 N–H and O–H groups in total. The molecule has 0 unspecified atom stereocenters. The lowest BCUT2D eigenvalue weighted by Crippen LogP contribution is -2.41. The zero-order chi connectivity index (χ0) is 13.3. The Morgan fingerprint density at radius 2 is 2.17 bits per heavy atom. The summed E-state index contributed by atoms with van der Waals surface area (Å²) in [6, 6.07) is 6.98. The van der Waals surface area contributed by atoms with Crippen molar-refractivity contribution in [3.05, 3.63) is 42.5 Å². The van der Waals surface area contributed by atoms with Gasteiger partial charge in [-0.2, -0.15) is 0 Å². The third kappa shape index (κ3) is 1.75. The van der Waals surface area contributed by atoms with E-state index in [1.54, 1.807) is 30.3 Å². The van der Waals surface area contributed by atoms with Crippen LogP contribution in [0.3, 0.4) is 0 Å². The van der Waals surface area contributed by atoms with Crippen molar-refractivity contribution in [2.24, 2.45) is 0 Å². The van der Waals surface area contributed by atoms with E-state index in [2.05, 4.69) is 6.58 Å². The predicted octanol–water partition coefficient (Wildman–Crippen LogP) is 1.39. The number of benzene rings is 1. The number of para-hydroxylation sites is 1. The van der Waals surface area contributed by atoms with Crippen LogP contribution in [-0.2, 0) is 15.2 Å². The fourth-order valence-corrected chi connectivity index (χ4v) is 2.35. The molecule has 0 radical (unpaired) electrons. The molecule has 94 valence electrons. The van der Waals surface area contributed by atoms with E-state index >= 15 is 0 Å². The normalized spacial score (nSPS) is 21.9. The quantitative estimate of drug-likeness (QED) is 0.815. The number of aliphatic hydroxyl groups is 1. The van der Waals surface area contributed by atoms with Crippen molar-refractivity contribution >= 4 is 17.4 Å². The molecule has 1 aliphatic heterocycles. The number of hydrogen-bond acceptors (Lipinski definition) is 3. The summed E-state index contributed by atoms with van der Waals surface area (Å²) in [6.45, 7) is 5.28. The number of fused-ring (bicyclic) bond motifs is 1. The predicted molar refractivity (Wildman–Crippen MR) is 68.2 cm³/mol. The number of rotatable bonds is 4. The fourth-order valence-electron chi connectivity index (χ4n) is 2.35. The van der Waals surface area contributed by atoms with Gasteiger partial charge in [0.05, 0.1) is 5.69 Å². The van der Waals surface area contributed by atoms with E-state index in [9.17, 15) is 14.7 Å². The van der Waals surface area contributed by atoms with Gasteiger partial charge in [-0.3, -0.25) is 9.59 Å². The Hall–Kier alpha value is -1.94. The molecular weight excluding hydrogens is 230 g/mol. The van der Waals surface area contributed by atoms with Gasteiger partial charge in [0.15, 0.2) is 5.60 Å². The van der Waals surface area contributed by atoms with Crippen molar-refractivity contribution in [2.75, 3.05) is 11.4 Å². The molecule has 0 saturated heterocycles. The number of nitrogens with zero attached hydrogens (tertiary/aromatic N) is 1. The van der Waals surface area contributed by atoms with Gasteiger partial charge in [-0.25, -0.2) is 0 Å². The highest BCUT2D eigenvalue weighted by atomic mass is 16.3. The molecule has 1 aliphatic rings. The molecular formula is C14H15NO3. The van der Waals surface area contributed by atoms with Crippen LogP contribution in [0.25, 0.3) is 0 Å². The standard InChI is InChI=1S/C14H15NO3/c1-3-8-15-12-7-5-4-6-11(12)14(18,13(15)17)9-10(2)16/h3-7,18H,1,8-9H2,2H3/t14-/m1/s1. The largest absolute Gasteiger partial charge is 0.375 e. The van der Waals surface area contributed by atoms with Gasteiger partial charge in [0, 0.05) is 18.5 Å². The minimum atomic E-state index is -1.73. The van der Waals surface area contributed by atoms with Crippen molar-refractivity contribution < 1.29 is 14.7 Å². The van der Waals surface area contributed by atoms with Crippen LogP contribution in [0.15, 0.2) is 36.9 Å². The molecule has 0 aliphatic carbocycles. The molecule has 1 atom stereocenters. The van der Waals surface area contributed by atoms with Crippen LogP contribution in [0, 0.1) is 0 Å². The molecule has 4 nitrogen and oxygen atoms in total. The van der Waals surface area contributed by atoms with Crippen molar-refractivity contribution in [3.8, 4) is 0 Å². The number of carbonyl (C=O) groups excluding carboxylic acids is 2. The molecule has 4 heteroatoms. The van der Waals surface area contributed by atoms with Crippen molar-refractivity contribution in [1.82, 2.24) is 0 Å². The van der Waals surface area contributed by atoms with Gasteiger partial charge >= 0.3 is 0 Å². The second kappa shape index (κ2) is 4.38. The molecule has 0 spiro atoms. The molecule has 0 aromatic heterocycles. The summed E-state index contributed by atoms with van der Waals surface area (Å²) in [7, 11) is 0. The molecule has 0 saturated carbocycles. The SMILES string of the molecule is C=CCN1C(=O)[C@@](O)(CC(C)=O)c2ccccc21. The van der Waals surface area contributed by atoms with E-state index in [-0.39, 0.29) is 12.2 Å². The summed E-state index contributed by atoms with van der Waals surface area (Å²) in [5.74, 6) is -0.681. The number of anilines is 1. The second-order valence-electron chi connectivity index (χ2n) is 4.46. The highest BCUT2D eigenvalue weighted by Gasteiger charge is 2.49. The smallest absolute Gasteiger partial charge is 0.264 e. The minimum Gasteiger partial charge on any atom is -0.375 e. The van der Waals surface area contributed by atoms with E-state index in [0.29, 0.717) is 17.8 Å². The molecule has 1 aromatic rings. The van der Waals surface area contributed by atoms with Crippen molar-refractivity contribution in [3.63, 3.8) is 0 Å². The van der Waals surface area contributed by atoms with Crippen LogP contribution in [0.1, 0.15) is 18.9 Å². The Kier molecular flexibility index (Phi) is 3.05. The van der Waals surface area contributed by atoms with E-state index < -0.39 is 11.5 Å². The molecule has 18 heavy (non-hydrogen) atoms. The summed E-state index contributed by atoms with van der Waals surface area (Å²) in [5, 5.41) is 10.5. The molecule has 1 aromatic carbocycles. The van der Waals surface area contributed by atoms with Crippen LogP contribution in [0.4, 0.5) is 5.69 Å². The fraction of sp³-hybridized carbons (Fsp3) is 0.286. The van der Waals surface area contributed by atoms with Gasteiger partial charge < -0.3 is 10.0 Å². The summed E-state index contributed by atoms with van der Waals surface area (Å²) in [6.07, 6.45) is 1.39.